The first kappa shape index (κ1) is 27.8. The van der Waals surface area contributed by atoms with Crippen molar-refractivity contribution >= 4 is 56.6 Å². The summed E-state index contributed by atoms with van der Waals surface area (Å²) < 4.78 is 32.8. The lowest BCUT2D eigenvalue weighted by molar-refractivity contribution is -0.121. The molecule has 0 aromatic heterocycles. The van der Waals surface area contributed by atoms with Gasteiger partial charge in [-0.15, -0.1) is 0 Å². The normalized spacial score (nSPS) is 17.8. The van der Waals surface area contributed by atoms with E-state index >= 15 is 0 Å². The van der Waals surface area contributed by atoms with E-state index in [1.165, 1.54) is 11.4 Å². The standard InChI is InChI=1S/C27H29N3O6S2/c1-36-27(33)19-6-9-21(10-7-19)29-15-22(31)14-28-16-26(32)25-13-23(37)17-30(25)38(34,35)24-11-8-18-4-2-3-5-20(18)12-24/h2-12,23,25,28-29,37H,13-17H2,1H3/t23-,25+/m1/s1. The Morgan fingerprint density at radius 2 is 1.68 bits per heavy atom. The molecule has 2 atom stereocenters. The van der Waals surface area contributed by atoms with Crippen LogP contribution < -0.4 is 10.6 Å². The Bertz CT molecular complexity index is 1440. The van der Waals surface area contributed by atoms with Crippen molar-refractivity contribution in [3.05, 3.63) is 72.3 Å². The molecule has 0 spiro atoms. The molecule has 9 nitrogen and oxygen atoms in total. The Hall–Kier alpha value is -3.25. The molecular weight excluding hydrogens is 526 g/mol. The molecule has 2 N–H and O–H groups in total. The monoisotopic (exact) mass is 555 g/mol. The Balaban J connectivity index is 1.31. The number of benzene rings is 3. The average molecular weight is 556 g/mol. The van der Waals surface area contributed by atoms with Crippen molar-refractivity contribution in [1.29, 1.82) is 0 Å². The summed E-state index contributed by atoms with van der Waals surface area (Å²) in [5.74, 6) is -0.948. The van der Waals surface area contributed by atoms with Crippen LogP contribution in [0.1, 0.15) is 16.8 Å². The van der Waals surface area contributed by atoms with E-state index in [0.717, 1.165) is 10.8 Å². The minimum absolute atomic E-state index is 0.0172. The molecule has 0 aliphatic carbocycles. The maximum absolute atomic E-state index is 13.4. The van der Waals surface area contributed by atoms with E-state index in [1.807, 2.05) is 24.3 Å². The third-order valence-corrected chi connectivity index (χ3v) is 8.59. The summed E-state index contributed by atoms with van der Waals surface area (Å²) in [6.07, 6.45) is 0.299. The summed E-state index contributed by atoms with van der Waals surface area (Å²) in [7, 11) is -2.62. The Kier molecular flexibility index (Phi) is 8.83. The SMILES string of the molecule is COC(=O)c1ccc(NCC(=O)CNCC(=O)[C@@H]2C[C@@H](S)CN2S(=O)(=O)c2ccc3ccccc3c2)cc1. The predicted molar refractivity (Wildman–Crippen MR) is 148 cm³/mol. The summed E-state index contributed by atoms with van der Waals surface area (Å²) in [6.45, 7) is -0.0580. The van der Waals surface area contributed by atoms with Crippen molar-refractivity contribution in [2.75, 3.05) is 38.6 Å². The molecule has 1 heterocycles. The van der Waals surface area contributed by atoms with Gasteiger partial charge in [-0.3, -0.25) is 9.59 Å². The number of ketones is 2. The average Bonchev–Trinajstić information content (AvgIpc) is 3.34. The summed E-state index contributed by atoms with van der Waals surface area (Å²) in [5.41, 5.74) is 1.05. The van der Waals surface area contributed by atoms with Crippen LogP contribution in [0, 0.1) is 0 Å². The number of sulfonamides is 1. The zero-order valence-electron chi connectivity index (χ0n) is 20.8. The summed E-state index contributed by atoms with van der Waals surface area (Å²) in [6, 6.07) is 18.0. The molecule has 0 radical (unpaired) electrons. The van der Waals surface area contributed by atoms with Crippen LogP contribution in [0.15, 0.2) is 71.6 Å². The number of rotatable bonds is 11. The molecule has 4 rings (SSSR count). The maximum Gasteiger partial charge on any atom is 0.337 e. The van der Waals surface area contributed by atoms with Crippen LogP contribution in [0.2, 0.25) is 0 Å². The highest BCUT2D eigenvalue weighted by molar-refractivity contribution is 7.89. The minimum atomic E-state index is -3.92. The van der Waals surface area contributed by atoms with Crippen molar-refractivity contribution in [2.24, 2.45) is 0 Å². The fraction of sp³-hybridized carbons (Fsp3) is 0.296. The van der Waals surface area contributed by atoms with E-state index in [-0.39, 0.29) is 47.9 Å². The molecule has 1 saturated heterocycles. The lowest BCUT2D eigenvalue weighted by Crippen LogP contribution is -2.44. The fourth-order valence-electron chi connectivity index (χ4n) is 4.35. The van der Waals surface area contributed by atoms with E-state index in [9.17, 15) is 22.8 Å². The molecule has 200 valence electrons. The van der Waals surface area contributed by atoms with E-state index in [1.54, 1.807) is 42.5 Å². The van der Waals surface area contributed by atoms with Gasteiger partial charge < -0.3 is 15.4 Å². The highest BCUT2D eigenvalue weighted by Crippen LogP contribution is 2.30. The van der Waals surface area contributed by atoms with Crippen molar-refractivity contribution in [3.8, 4) is 0 Å². The van der Waals surface area contributed by atoms with Gasteiger partial charge in [0.25, 0.3) is 0 Å². The van der Waals surface area contributed by atoms with Crippen LogP contribution in [-0.2, 0) is 24.3 Å². The van der Waals surface area contributed by atoms with Crippen LogP contribution >= 0.6 is 12.6 Å². The second-order valence-corrected chi connectivity index (χ2v) is 11.6. The number of esters is 1. The molecular formula is C27H29N3O6S2. The third-order valence-electron chi connectivity index (χ3n) is 6.35. The second kappa shape index (κ2) is 12.1. The Morgan fingerprint density at radius 1 is 0.974 bits per heavy atom. The lowest BCUT2D eigenvalue weighted by atomic mass is 10.1. The Morgan fingerprint density at radius 3 is 2.39 bits per heavy atom. The maximum atomic E-state index is 13.4. The van der Waals surface area contributed by atoms with Crippen molar-refractivity contribution < 1.29 is 27.5 Å². The number of thiol groups is 1. The molecule has 1 aliphatic heterocycles. The first-order chi connectivity index (χ1) is 18.2. The molecule has 0 saturated carbocycles. The molecule has 1 aliphatic rings. The van der Waals surface area contributed by atoms with Gasteiger partial charge in [-0.05, 0) is 53.6 Å². The topological polar surface area (TPSA) is 122 Å². The quantitative estimate of drug-likeness (QED) is 0.244. The Labute approximate surface area is 227 Å². The van der Waals surface area contributed by atoms with E-state index in [0.29, 0.717) is 17.7 Å². The number of carbonyl (C=O) groups excluding carboxylic acids is 3. The number of hydrogen-bond acceptors (Lipinski definition) is 9. The van der Waals surface area contributed by atoms with Gasteiger partial charge in [0.1, 0.15) is 0 Å². The van der Waals surface area contributed by atoms with Gasteiger partial charge in [-0.25, -0.2) is 13.2 Å². The molecule has 0 bridgehead atoms. The number of hydrogen-bond donors (Lipinski definition) is 3. The number of nitrogens with one attached hydrogen (secondary N) is 2. The predicted octanol–water partition coefficient (Wildman–Crippen LogP) is 2.53. The van der Waals surface area contributed by atoms with E-state index in [4.69, 9.17) is 0 Å². The highest BCUT2D eigenvalue weighted by atomic mass is 32.2. The smallest absolute Gasteiger partial charge is 0.337 e. The number of nitrogens with zero attached hydrogens (tertiary/aromatic N) is 1. The van der Waals surface area contributed by atoms with Crippen LogP contribution in [0.5, 0.6) is 0 Å². The molecule has 0 unspecified atom stereocenters. The van der Waals surface area contributed by atoms with Gasteiger partial charge >= 0.3 is 5.97 Å². The van der Waals surface area contributed by atoms with Crippen molar-refractivity contribution in [1.82, 2.24) is 9.62 Å². The van der Waals surface area contributed by atoms with Crippen LogP contribution in [0.4, 0.5) is 5.69 Å². The van der Waals surface area contributed by atoms with Crippen molar-refractivity contribution in [3.63, 3.8) is 0 Å². The number of fused-ring (bicyclic) bond motifs is 1. The molecule has 3 aromatic carbocycles. The molecule has 11 heteroatoms. The third kappa shape index (κ3) is 6.41. The van der Waals surface area contributed by atoms with E-state index in [2.05, 4.69) is 28.0 Å². The highest BCUT2D eigenvalue weighted by Gasteiger charge is 2.42. The number of anilines is 1. The van der Waals surface area contributed by atoms with Gasteiger partial charge in [0.2, 0.25) is 10.0 Å². The van der Waals surface area contributed by atoms with Crippen LogP contribution in [-0.4, -0.2) is 74.8 Å². The van der Waals surface area contributed by atoms with Gasteiger partial charge in [-0.2, -0.15) is 16.9 Å². The first-order valence-electron chi connectivity index (χ1n) is 12.0. The van der Waals surface area contributed by atoms with Crippen molar-refractivity contribution in [2.45, 2.75) is 22.6 Å². The van der Waals surface area contributed by atoms with Crippen LogP contribution in [0.3, 0.4) is 0 Å². The summed E-state index contributed by atoms with van der Waals surface area (Å²) in [5, 5.41) is 7.25. The van der Waals surface area contributed by atoms with Gasteiger partial charge in [0.05, 0.1) is 43.2 Å². The number of carbonyl (C=O) groups is 3. The first-order valence-corrected chi connectivity index (χ1v) is 14.0. The summed E-state index contributed by atoms with van der Waals surface area (Å²) in [4.78, 5) is 36.9. The summed E-state index contributed by atoms with van der Waals surface area (Å²) >= 11 is 4.45. The number of methoxy groups -OCH3 is 1. The molecule has 0 amide bonds. The largest absolute Gasteiger partial charge is 0.465 e. The second-order valence-electron chi connectivity index (χ2n) is 9.02. The zero-order valence-corrected chi connectivity index (χ0v) is 22.5. The van der Waals surface area contributed by atoms with Gasteiger partial charge in [0, 0.05) is 17.5 Å². The lowest BCUT2D eigenvalue weighted by Gasteiger charge is -2.23. The van der Waals surface area contributed by atoms with Gasteiger partial charge in [0.15, 0.2) is 11.6 Å². The molecule has 3 aromatic rings. The fourth-order valence-corrected chi connectivity index (χ4v) is 6.54. The zero-order chi connectivity index (χ0) is 27.3. The molecule has 38 heavy (non-hydrogen) atoms. The van der Waals surface area contributed by atoms with E-state index < -0.39 is 22.0 Å². The minimum Gasteiger partial charge on any atom is -0.465 e. The number of Topliss-reactive ketones (excluding diaryl/α,β-unsaturated/α-hetero) is 2. The van der Waals surface area contributed by atoms with Gasteiger partial charge in [-0.1, -0.05) is 30.3 Å². The molecule has 1 fully saturated rings. The number of ether oxygens (including phenoxy) is 1. The van der Waals surface area contributed by atoms with Crippen LogP contribution in [0.25, 0.3) is 10.8 Å².